The second kappa shape index (κ2) is 5.78. The Bertz CT molecular complexity index is 983. The van der Waals surface area contributed by atoms with Crippen LogP contribution in [0.5, 0.6) is 0 Å². The van der Waals surface area contributed by atoms with Crippen LogP contribution in [-0.4, -0.2) is 51.3 Å². The zero-order valence-corrected chi connectivity index (χ0v) is 13.3. The van der Waals surface area contributed by atoms with E-state index in [1.165, 1.54) is 6.07 Å². The molecule has 2 aliphatic heterocycles. The maximum Gasteiger partial charge on any atom is 0.514 e. The largest absolute Gasteiger partial charge is 0.514 e. The third-order valence-corrected chi connectivity index (χ3v) is 3.81. The number of nitrogens with one attached hydrogen (secondary N) is 2. The van der Waals surface area contributed by atoms with Gasteiger partial charge in [-0.05, 0) is 22.1 Å². The van der Waals surface area contributed by atoms with Crippen molar-refractivity contribution in [2.45, 2.75) is 0 Å². The molecule has 0 saturated carbocycles. The monoisotopic (exact) mass is 399 g/mol. The zero-order valence-electron chi connectivity index (χ0n) is 13.3. The number of benzene rings is 1. The van der Waals surface area contributed by atoms with E-state index < -0.39 is 21.9 Å². The minimum atomic E-state index is -0.841. The predicted molar refractivity (Wildman–Crippen MR) is 83.9 cm³/mol. The molecule has 28 heavy (non-hydrogen) atoms. The molecule has 18 nitrogen and oxygen atoms in total. The van der Waals surface area contributed by atoms with E-state index in [1.54, 1.807) is 0 Å². The molecule has 0 saturated heterocycles. The van der Waals surface area contributed by atoms with Crippen molar-refractivity contribution in [1.29, 1.82) is 0 Å². The van der Waals surface area contributed by atoms with Crippen LogP contribution in [-0.2, 0) is 0 Å². The summed E-state index contributed by atoms with van der Waals surface area (Å²) in [5.41, 5.74) is 4.74. The highest BCUT2D eigenvalue weighted by Crippen LogP contribution is 2.50. The molecule has 0 spiro atoms. The normalized spacial score (nSPS) is 13.4. The Morgan fingerprint density at radius 1 is 0.893 bits per heavy atom. The fourth-order valence-electron chi connectivity index (χ4n) is 2.69. The SMILES string of the molecule is O=[N+](O)c1nc(N(O)O)c2c(n1)N1Nc3c(N(O)O)cc(N(O)O)cc3N1N2. The molecule has 9 N–H and O–H groups in total. The number of aromatic nitrogens is 2. The Morgan fingerprint density at radius 2 is 1.57 bits per heavy atom. The number of hydrazine groups is 3. The van der Waals surface area contributed by atoms with Crippen molar-refractivity contribution >= 4 is 46.0 Å². The minimum absolute atomic E-state index is 0.0447. The summed E-state index contributed by atoms with van der Waals surface area (Å²) in [4.78, 5) is 17.7. The van der Waals surface area contributed by atoms with Gasteiger partial charge < -0.3 is 5.21 Å². The van der Waals surface area contributed by atoms with Crippen molar-refractivity contribution < 1.29 is 41.4 Å². The van der Waals surface area contributed by atoms with Crippen LogP contribution >= 0.6 is 0 Å². The van der Waals surface area contributed by atoms with E-state index in [-0.39, 0.29) is 44.7 Å². The molecule has 1 aromatic heterocycles. The molecule has 0 aliphatic carbocycles. The standard InChI is InChI=1S/C10H11N10O8/c21-17(22)3-1-4-6(5(2-3)18(23)24)13-16-8-7(14-15(4)16)9(19(25)26)12-10(11-8)20(27)28/h1-2,13-14,21-26H,(H,27,28)/q+1. The lowest BCUT2D eigenvalue weighted by Gasteiger charge is -2.20. The minimum Gasteiger partial charge on any atom is -0.337 e. The Morgan fingerprint density at radius 3 is 2.14 bits per heavy atom. The summed E-state index contributed by atoms with van der Waals surface area (Å²) in [6.07, 6.45) is 0. The molecule has 0 unspecified atom stereocenters. The summed E-state index contributed by atoms with van der Waals surface area (Å²) in [5, 5.41) is 66.3. The molecule has 0 fully saturated rings. The van der Waals surface area contributed by atoms with Crippen molar-refractivity contribution in [3.05, 3.63) is 17.0 Å². The molecular weight excluding hydrogens is 388 g/mol. The van der Waals surface area contributed by atoms with Gasteiger partial charge in [0.25, 0.3) is 11.6 Å². The van der Waals surface area contributed by atoms with Crippen LogP contribution < -0.4 is 36.8 Å². The molecule has 18 heteroatoms. The highest BCUT2D eigenvalue weighted by molar-refractivity contribution is 5.98. The van der Waals surface area contributed by atoms with Gasteiger partial charge in [0.05, 0.1) is 5.69 Å². The average molecular weight is 399 g/mol. The zero-order chi connectivity index (χ0) is 20.3. The number of hydrogen-bond donors (Lipinski definition) is 9. The Hall–Kier alpha value is -3.94. The number of rotatable bonds is 4. The lowest BCUT2D eigenvalue weighted by Crippen LogP contribution is -2.40. The lowest BCUT2D eigenvalue weighted by molar-refractivity contribution is -0.734. The van der Waals surface area contributed by atoms with Crippen LogP contribution in [0.25, 0.3) is 0 Å². The van der Waals surface area contributed by atoms with Gasteiger partial charge in [-0.3, -0.25) is 42.1 Å². The molecule has 148 valence electrons. The smallest absolute Gasteiger partial charge is 0.337 e. The van der Waals surface area contributed by atoms with Crippen molar-refractivity contribution in [3.63, 3.8) is 0 Å². The van der Waals surface area contributed by atoms with Gasteiger partial charge in [-0.1, -0.05) is 10.1 Å². The average Bonchev–Trinajstić information content (AvgIpc) is 3.15. The second-order valence-electron chi connectivity index (χ2n) is 5.39. The van der Waals surface area contributed by atoms with E-state index in [9.17, 15) is 36.2 Å². The highest BCUT2D eigenvalue weighted by Gasteiger charge is 2.45. The van der Waals surface area contributed by atoms with Gasteiger partial charge in [-0.25, -0.2) is 0 Å². The molecule has 3 heterocycles. The van der Waals surface area contributed by atoms with E-state index >= 15 is 0 Å². The summed E-state index contributed by atoms with van der Waals surface area (Å²) in [6.45, 7) is 0. The first-order valence-electron chi connectivity index (χ1n) is 7.12. The van der Waals surface area contributed by atoms with Crippen molar-refractivity contribution in [1.82, 2.24) is 9.97 Å². The van der Waals surface area contributed by atoms with E-state index in [2.05, 4.69) is 20.8 Å². The molecule has 4 rings (SSSR count). The van der Waals surface area contributed by atoms with Gasteiger partial charge in [0.2, 0.25) is 0 Å². The molecule has 0 amide bonds. The molecule has 0 bridgehead atoms. The molecular formula is C10H11N10O8+. The number of fused-ring (bicyclic) bond motifs is 5. The summed E-state index contributed by atoms with van der Waals surface area (Å²) in [7, 11) is 0. The third-order valence-electron chi connectivity index (χ3n) is 3.81. The third kappa shape index (κ3) is 2.38. The molecule has 0 atom stereocenters. The number of nitrogens with zero attached hydrogens (tertiary/aromatic N) is 8. The van der Waals surface area contributed by atoms with Gasteiger partial charge in [0, 0.05) is 0 Å². The number of anilines is 7. The quantitative estimate of drug-likeness (QED) is 0.306. The first kappa shape index (κ1) is 17.5. The van der Waals surface area contributed by atoms with E-state index in [1.807, 2.05) is 0 Å². The summed E-state index contributed by atoms with van der Waals surface area (Å²) < 4.78 is 0. The Labute approximate surface area is 152 Å². The molecule has 1 aromatic carbocycles. The lowest BCUT2D eigenvalue weighted by atomic mass is 10.2. The number of hydrogen-bond acceptors (Lipinski definition) is 16. The van der Waals surface area contributed by atoms with Gasteiger partial charge in [0.15, 0.2) is 10.6 Å². The van der Waals surface area contributed by atoms with Gasteiger partial charge in [-0.2, -0.15) is 5.12 Å². The molecule has 0 radical (unpaired) electrons. The maximum absolute atomic E-state index is 11.2. The van der Waals surface area contributed by atoms with Crippen molar-refractivity contribution in [2.75, 3.05) is 36.8 Å². The van der Waals surface area contributed by atoms with Crippen LogP contribution in [0.1, 0.15) is 0 Å². The van der Waals surface area contributed by atoms with Gasteiger partial charge >= 0.3 is 5.95 Å². The Balaban J connectivity index is 1.86. The topological polar surface area (TPSA) is 228 Å². The molecule has 2 aliphatic rings. The summed E-state index contributed by atoms with van der Waals surface area (Å²) in [6, 6.07) is 2.20. The highest BCUT2D eigenvalue weighted by atomic mass is 16.8. The summed E-state index contributed by atoms with van der Waals surface area (Å²) >= 11 is 0. The Kier molecular flexibility index (Phi) is 3.61. The van der Waals surface area contributed by atoms with Crippen LogP contribution in [0.2, 0.25) is 0 Å². The van der Waals surface area contributed by atoms with Crippen LogP contribution in [0.15, 0.2) is 12.1 Å². The van der Waals surface area contributed by atoms with Crippen molar-refractivity contribution in [2.24, 2.45) is 0 Å². The van der Waals surface area contributed by atoms with E-state index in [0.717, 1.165) is 16.3 Å². The molecule has 2 aromatic rings. The van der Waals surface area contributed by atoms with Crippen LogP contribution in [0.3, 0.4) is 0 Å². The van der Waals surface area contributed by atoms with Gasteiger partial charge in [0.1, 0.15) is 17.1 Å². The van der Waals surface area contributed by atoms with E-state index in [4.69, 9.17) is 5.21 Å². The summed E-state index contributed by atoms with van der Waals surface area (Å²) in [5.74, 6) is -1.63. The fourth-order valence-corrected chi connectivity index (χ4v) is 2.69. The second-order valence-corrected chi connectivity index (χ2v) is 5.39. The first-order chi connectivity index (χ1) is 13.2. The van der Waals surface area contributed by atoms with Crippen molar-refractivity contribution in [3.8, 4) is 0 Å². The first-order valence-corrected chi connectivity index (χ1v) is 7.12. The van der Waals surface area contributed by atoms with Gasteiger partial charge in [-0.15, -0.1) is 15.6 Å². The van der Waals surface area contributed by atoms with E-state index in [0.29, 0.717) is 0 Å². The fraction of sp³-hybridized carbons (Fsp3) is 0. The predicted octanol–water partition coefficient (Wildman–Crippen LogP) is -0.0604. The van der Waals surface area contributed by atoms with Crippen LogP contribution in [0, 0.1) is 4.91 Å². The van der Waals surface area contributed by atoms with Crippen LogP contribution in [0.4, 0.5) is 46.0 Å². The maximum atomic E-state index is 11.2.